The van der Waals surface area contributed by atoms with Gasteiger partial charge in [0, 0.05) is 5.92 Å². The van der Waals surface area contributed by atoms with E-state index in [0.29, 0.717) is 5.92 Å². The molecule has 1 atom stereocenters. The number of rotatable bonds is 2. The highest BCUT2D eigenvalue weighted by molar-refractivity contribution is 6.13. The molecule has 0 fully saturated rings. The second-order valence-corrected chi connectivity index (χ2v) is 11.7. The Morgan fingerprint density at radius 2 is 1.02 bits per heavy atom. The van der Waals surface area contributed by atoms with E-state index < -0.39 is 0 Å². The lowest BCUT2D eigenvalue weighted by Crippen LogP contribution is -2.06. The van der Waals surface area contributed by atoms with Gasteiger partial charge < -0.3 is 0 Å². The average molecular weight is 533 g/mol. The molecule has 0 saturated heterocycles. The second kappa shape index (κ2) is 9.16. The van der Waals surface area contributed by atoms with Gasteiger partial charge in [0.1, 0.15) is 0 Å². The summed E-state index contributed by atoms with van der Waals surface area (Å²) in [6.07, 6.45) is 5.69. The zero-order valence-electron chi connectivity index (χ0n) is 23.2. The van der Waals surface area contributed by atoms with E-state index in [1.807, 2.05) is 0 Å². The second-order valence-electron chi connectivity index (χ2n) is 11.7. The summed E-state index contributed by atoms with van der Waals surface area (Å²) in [6.45, 7) is 0. The highest BCUT2D eigenvalue weighted by atomic mass is 14.2. The molecule has 8 aromatic carbocycles. The van der Waals surface area contributed by atoms with Crippen LogP contribution in [0, 0.1) is 0 Å². The van der Waals surface area contributed by atoms with Crippen LogP contribution in [0.5, 0.6) is 0 Å². The monoisotopic (exact) mass is 532 g/mol. The lowest BCUT2D eigenvalue weighted by atomic mass is 9.80. The van der Waals surface area contributed by atoms with Crippen molar-refractivity contribution >= 4 is 59.9 Å². The summed E-state index contributed by atoms with van der Waals surface area (Å²) in [5, 5.41) is 13.0. The van der Waals surface area contributed by atoms with Crippen molar-refractivity contribution in [1.29, 1.82) is 0 Å². The molecule has 0 amide bonds. The molecule has 8 aromatic rings. The first-order valence-electron chi connectivity index (χ1n) is 14.9. The van der Waals surface area contributed by atoms with Crippen molar-refractivity contribution in [2.75, 3.05) is 0 Å². The van der Waals surface area contributed by atoms with E-state index in [-0.39, 0.29) is 0 Å². The third kappa shape index (κ3) is 3.69. The van der Waals surface area contributed by atoms with Gasteiger partial charge in [0.25, 0.3) is 0 Å². The van der Waals surface area contributed by atoms with Crippen LogP contribution in [-0.4, -0.2) is 0 Å². The maximum atomic E-state index is 2.47. The first-order chi connectivity index (χ1) is 20.8. The average Bonchev–Trinajstić information content (AvgIpc) is 3.04. The Labute approximate surface area is 245 Å². The van der Waals surface area contributed by atoms with E-state index in [1.54, 1.807) is 0 Å². The molecule has 1 unspecified atom stereocenters. The molecule has 1 aliphatic carbocycles. The minimum absolute atomic E-state index is 0.321. The van der Waals surface area contributed by atoms with Crippen LogP contribution in [0.1, 0.15) is 29.0 Å². The fourth-order valence-electron chi connectivity index (χ4n) is 7.21. The van der Waals surface area contributed by atoms with Crippen LogP contribution < -0.4 is 0 Å². The molecule has 196 valence electrons. The molecule has 0 aromatic heterocycles. The summed E-state index contributed by atoms with van der Waals surface area (Å²) < 4.78 is 0. The fourth-order valence-corrected chi connectivity index (χ4v) is 7.21. The van der Waals surface area contributed by atoms with Crippen molar-refractivity contribution in [3.8, 4) is 11.1 Å². The van der Waals surface area contributed by atoms with Gasteiger partial charge in [0.2, 0.25) is 0 Å². The van der Waals surface area contributed by atoms with Crippen molar-refractivity contribution < 1.29 is 0 Å². The third-order valence-corrected chi connectivity index (χ3v) is 9.26. The number of fused-ring (bicyclic) bond motifs is 6. The summed E-state index contributed by atoms with van der Waals surface area (Å²) in [6, 6.07) is 52.1. The van der Waals surface area contributed by atoms with Gasteiger partial charge >= 0.3 is 0 Å². The van der Waals surface area contributed by atoms with Crippen LogP contribution in [0.4, 0.5) is 0 Å². The van der Waals surface area contributed by atoms with Crippen molar-refractivity contribution in [3.05, 3.63) is 162 Å². The van der Waals surface area contributed by atoms with Gasteiger partial charge in [-0.3, -0.25) is 0 Å². The van der Waals surface area contributed by atoms with Gasteiger partial charge in [0.05, 0.1) is 0 Å². The maximum absolute atomic E-state index is 2.47. The Balaban J connectivity index is 1.24. The van der Waals surface area contributed by atoms with Gasteiger partial charge in [-0.2, -0.15) is 0 Å². The Morgan fingerprint density at radius 3 is 1.81 bits per heavy atom. The highest BCUT2D eigenvalue weighted by Gasteiger charge is 2.21. The van der Waals surface area contributed by atoms with Crippen LogP contribution in [0.25, 0.3) is 71.1 Å². The van der Waals surface area contributed by atoms with Crippen LogP contribution >= 0.6 is 0 Å². The predicted octanol–water partition coefficient (Wildman–Crippen LogP) is 11.7. The van der Waals surface area contributed by atoms with Gasteiger partial charge in [-0.25, -0.2) is 0 Å². The Kier molecular flexibility index (Phi) is 5.12. The maximum Gasteiger partial charge on any atom is 0.0130 e. The quantitative estimate of drug-likeness (QED) is 0.194. The molecule has 9 rings (SSSR count). The largest absolute Gasteiger partial charge is 0.0830 e. The number of benzene rings is 8. The molecular weight excluding hydrogens is 504 g/mol. The van der Waals surface area contributed by atoms with Crippen LogP contribution in [0.15, 0.2) is 146 Å². The number of allylic oxidation sites excluding steroid dienone is 1. The molecule has 0 saturated carbocycles. The lowest BCUT2D eigenvalue weighted by Gasteiger charge is -2.24. The smallest absolute Gasteiger partial charge is 0.0130 e. The van der Waals surface area contributed by atoms with Crippen molar-refractivity contribution in [1.82, 2.24) is 0 Å². The Morgan fingerprint density at radius 1 is 0.429 bits per heavy atom. The van der Waals surface area contributed by atoms with E-state index >= 15 is 0 Å². The Hall–Kier alpha value is -5.20. The number of hydrogen-bond acceptors (Lipinski definition) is 0. The van der Waals surface area contributed by atoms with Gasteiger partial charge in [-0.15, -0.1) is 0 Å². The van der Waals surface area contributed by atoms with Gasteiger partial charge in [-0.05, 0) is 137 Å². The fraction of sp³-hybridized carbons (Fsp3) is 0.0476. The van der Waals surface area contributed by atoms with Crippen molar-refractivity contribution in [2.24, 2.45) is 0 Å². The third-order valence-electron chi connectivity index (χ3n) is 9.26. The van der Waals surface area contributed by atoms with E-state index in [9.17, 15) is 0 Å². The van der Waals surface area contributed by atoms with Crippen LogP contribution in [-0.2, 0) is 0 Å². The summed E-state index contributed by atoms with van der Waals surface area (Å²) in [5.74, 6) is 0.321. The Bertz CT molecular complexity index is 2370. The van der Waals surface area contributed by atoms with Crippen molar-refractivity contribution in [2.45, 2.75) is 12.3 Å². The van der Waals surface area contributed by atoms with Crippen LogP contribution in [0.2, 0.25) is 0 Å². The molecule has 0 nitrogen and oxygen atoms in total. The number of hydrogen-bond donors (Lipinski definition) is 0. The zero-order valence-corrected chi connectivity index (χ0v) is 23.2. The molecule has 0 aliphatic heterocycles. The molecule has 0 N–H and O–H groups in total. The molecule has 0 radical (unpaired) electrons. The molecule has 0 bridgehead atoms. The van der Waals surface area contributed by atoms with Gasteiger partial charge in [-0.1, -0.05) is 103 Å². The van der Waals surface area contributed by atoms with Crippen molar-refractivity contribution in [3.63, 3.8) is 0 Å². The summed E-state index contributed by atoms with van der Waals surface area (Å²) in [4.78, 5) is 0. The van der Waals surface area contributed by atoms with E-state index in [2.05, 4.69) is 152 Å². The first-order valence-corrected chi connectivity index (χ1v) is 14.9. The minimum atomic E-state index is 0.321. The predicted molar refractivity (Wildman–Crippen MR) is 181 cm³/mol. The first kappa shape index (κ1) is 23.5. The van der Waals surface area contributed by atoms with Gasteiger partial charge in [0.15, 0.2) is 0 Å². The SMILES string of the molecule is C1=Cc2cc3cc4cc5ccccc5cc4cc3cc2C(c2ccc3cc4ccccc4c(-c4ccccc4)c3c2)C1. The molecule has 0 heteroatoms. The molecule has 1 aliphatic rings. The molecular formula is C42H28. The van der Waals surface area contributed by atoms with E-state index in [1.165, 1.54) is 81.7 Å². The van der Waals surface area contributed by atoms with E-state index in [0.717, 1.165) is 6.42 Å². The topological polar surface area (TPSA) is 0 Å². The minimum Gasteiger partial charge on any atom is -0.0830 e. The van der Waals surface area contributed by atoms with Crippen LogP contribution in [0.3, 0.4) is 0 Å². The summed E-state index contributed by atoms with van der Waals surface area (Å²) >= 11 is 0. The lowest BCUT2D eigenvalue weighted by molar-refractivity contribution is 0.823. The summed E-state index contributed by atoms with van der Waals surface area (Å²) in [7, 11) is 0. The highest BCUT2D eigenvalue weighted by Crippen LogP contribution is 2.42. The molecule has 0 heterocycles. The summed E-state index contributed by atoms with van der Waals surface area (Å²) in [5.41, 5.74) is 6.74. The van der Waals surface area contributed by atoms with E-state index in [4.69, 9.17) is 0 Å². The molecule has 0 spiro atoms. The normalized spacial score (nSPS) is 14.7. The molecule has 42 heavy (non-hydrogen) atoms. The zero-order chi connectivity index (χ0) is 27.6. The standard InChI is InChI=1S/C42H28/c1-2-9-27(10-3-1)42-39-15-7-6-13-30(39)21-32-17-18-33(25-41(32)42)38-16-8-14-31-22-36-23-34-19-28-11-4-5-12-29(28)20-35(34)24-37(36)26-40(31)38/h1-15,17-26,38H,16H2.